The monoisotopic (exact) mass is 406 g/mol. The van der Waals surface area contributed by atoms with Gasteiger partial charge in [-0.1, -0.05) is 16.8 Å². The van der Waals surface area contributed by atoms with E-state index in [4.69, 9.17) is 16.4 Å². The minimum atomic E-state index is -4.50. The summed E-state index contributed by atoms with van der Waals surface area (Å²) in [5, 5.41) is 6.34. The van der Waals surface area contributed by atoms with Gasteiger partial charge in [-0.3, -0.25) is 25.8 Å². The van der Waals surface area contributed by atoms with E-state index in [1.165, 1.54) is 0 Å². The van der Waals surface area contributed by atoms with Crippen molar-refractivity contribution in [3.63, 3.8) is 0 Å². The van der Waals surface area contributed by atoms with Crippen LogP contribution in [-0.2, 0) is 20.6 Å². The largest absolute Gasteiger partial charge is 0.419 e. The third-order valence-corrected chi connectivity index (χ3v) is 4.27. The highest BCUT2D eigenvalue weighted by atomic mass is 35.5. The van der Waals surface area contributed by atoms with Crippen molar-refractivity contribution in [1.82, 2.24) is 10.9 Å². The molecule has 1 aromatic heterocycles. The Labute approximate surface area is 156 Å². The zero-order valence-corrected chi connectivity index (χ0v) is 14.6. The Balaban J connectivity index is 1.45. The van der Waals surface area contributed by atoms with Gasteiger partial charge < -0.3 is 4.84 Å². The van der Waals surface area contributed by atoms with Crippen molar-refractivity contribution in [3.05, 3.63) is 22.8 Å². The number of rotatable bonds is 5. The first-order valence-electron chi connectivity index (χ1n) is 8.09. The molecule has 146 valence electrons. The van der Waals surface area contributed by atoms with Crippen LogP contribution in [0.25, 0.3) is 0 Å². The molecular weight excluding hydrogens is 391 g/mol. The number of H-pyrrole nitrogens is 1. The van der Waals surface area contributed by atoms with Gasteiger partial charge in [0.15, 0.2) is 6.10 Å². The van der Waals surface area contributed by atoms with E-state index in [0.717, 1.165) is 25.1 Å². The minimum Gasteiger partial charge on any atom is -0.387 e. The van der Waals surface area contributed by atoms with Gasteiger partial charge in [0.25, 0.3) is 11.7 Å². The number of aromatic nitrogens is 1. The Morgan fingerprint density at radius 1 is 1.33 bits per heavy atom. The van der Waals surface area contributed by atoms with Gasteiger partial charge in [-0.2, -0.15) is 13.2 Å². The average molecular weight is 407 g/mol. The molecule has 1 aliphatic carbocycles. The van der Waals surface area contributed by atoms with Crippen LogP contribution >= 0.6 is 11.6 Å². The van der Waals surface area contributed by atoms with Gasteiger partial charge in [0, 0.05) is 12.3 Å². The summed E-state index contributed by atoms with van der Waals surface area (Å²) in [5.74, 6) is -0.684. The first-order chi connectivity index (χ1) is 12.7. The molecule has 2 amide bonds. The van der Waals surface area contributed by atoms with Gasteiger partial charge in [-0.05, 0) is 18.9 Å². The molecule has 1 aliphatic heterocycles. The fourth-order valence-electron chi connectivity index (χ4n) is 2.29. The standard InChI is InChI=1S/C15H15ClF3N5O3/c16-10-3-8(15(17,18)19)5-20-12(10)21-6-9-4-11(24-27-9)14(26)23-22-13(25)7-1-2-7/h3,5,7,9H,1-2,4,6H2,(H,20,21)(H,22,25)(H,23,26)/p+1/t9-/m0/s1. The fourth-order valence-corrected chi connectivity index (χ4v) is 2.53. The SMILES string of the molecule is O=C(NNC(=O)C1CC1)C1=NO[C@H](CNc2[nH+]cc(C(F)(F)F)cc2Cl)C1. The number of oxime groups is 1. The second kappa shape index (κ2) is 7.59. The van der Waals surface area contributed by atoms with E-state index in [2.05, 4.69) is 26.3 Å². The predicted octanol–water partition coefficient (Wildman–Crippen LogP) is 1.29. The van der Waals surface area contributed by atoms with Gasteiger partial charge in [0.2, 0.25) is 5.91 Å². The maximum Gasteiger partial charge on any atom is 0.419 e. The number of carbonyl (C=O) groups excluding carboxylic acids is 2. The Morgan fingerprint density at radius 2 is 2.07 bits per heavy atom. The smallest absolute Gasteiger partial charge is 0.387 e. The lowest BCUT2D eigenvalue weighted by atomic mass is 10.1. The summed E-state index contributed by atoms with van der Waals surface area (Å²) in [6.07, 6.45) is -2.45. The zero-order valence-electron chi connectivity index (χ0n) is 13.8. The predicted molar refractivity (Wildman–Crippen MR) is 87.4 cm³/mol. The van der Waals surface area contributed by atoms with Gasteiger partial charge >= 0.3 is 6.18 Å². The quantitative estimate of drug-likeness (QED) is 0.640. The van der Waals surface area contributed by atoms with Gasteiger partial charge in [-0.25, -0.2) is 4.98 Å². The Kier molecular flexibility index (Phi) is 5.40. The van der Waals surface area contributed by atoms with Crippen molar-refractivity contribution in [2.24, 2.45) is 11.1 Å². The summed E-state index contributed by atoms with van der Waals surface area (Å²) in [7, 11) is 0. The van der Waals surface area contributed by atoms with E-state index in [-0.39, 0.29) is 41.3 Å². The number of anilines is 1. The van der Waals surface area contributed by atoms with E-state index < -0.39 is 23.8 Å². The molecule has 1 saturated carbocycles. The summed E-state index contributed by atoms with van der Waals surface area (Å²) in [5.41, 5.74) is 3.78. The first-order valence-corrected chi connectivity index (χ1v) is 8.47. The van der Waals surface area contributed by atoms with Crippen molar-refractivity contribution in [3.8, 4) is 0 Å². The highest BCUT2D eigenvalue weighted by Crippen LogP contribution is 2.31. The summed E-state index contributed by atoms with van der Waals surface area (Å²) < 4.78 is 37.8. The van der Waals surface area contributed by atoms with Crippen molar-refractivity contribution >= 4 is 34.9 Å². The van der Waals surface area contributed by atoms with Crippen LogP contribution in [-0.4, -0.2) is 30.2 Å². The molecule has 4 N–H and O–H groups in total. The number of halogens is 4. The van der Waals surface area contributed by atoms with Gasteiger partial charge in [0.05, 0.1) is 5.56 Å². The Bertz CT molecular complexity index is 782. The molecule has 12 heteroatoms. The number of alkyl halides is 3. The van der Waals surface area contributed by atoms with Crippen molar-refractivity contribution in [2.45, 2.75) is 31.5 Å². The van der Waals surface area contributed by atoms with Crippen LogP contribution in [0, 0.1) is 5.92 Å². The van der Waals surface area contributed by atoms with Crippen molar-refractivity contribution in [2.75, 3.05) is 11.9 Å². The lowest BCUT2D eigenvalue weighted by molar-refractivity contribution is -0.364. The van der Waals surface area contributed by atoms with Crippen LogP contribution in [0.15, 0.2) is 17.4 Å². The van der Waals surface area contributed by atoms with E-state index in [9.17, 15) is 22.8 Å². The number of hydrogen-bond acceptors (Lipinski definition) is 5. The number of amides is 2. The summed E-state index contributed by atoms with van der Waals surface area (Å²) in [4.78, 5) is 30.9. The molecule has 0 unspecified atom stereocenters. The van der Waals surface area contributed by atoms with Gasteiger partial charge in [0.1, 0.15) is 23.5 Å². The Morgan fingerprint density at radius 3 is 2.70 bits per heavy atom. The van der Waals surface area contributed by atoms with E-state index in [1.54, 1.807) is 0 Å². The lowest BCUT2D eigenvalue weighted by Crippen LogP contribution is -2.45. The molecule has 2 aliphatic rings. The maximum absolute atomic E-state index is 12.6. The molecule has 0 aromatic carbocycles. The summed E-state index contributed by atoms with van der Waals surface area (Å²) >= 11 is 5.83. The maximum atomic E-state index is 12.6. The third kappa shape index (κ3) is 5.00. The molecule has 0 radical (unpaired) electrons. The second-order valence-corrected chi connectivity index (χ2v) is 6.58. The van der Waals surface area contributed by atoms with Crippen LogP contribution < -0.4 is 21.2 Å². The summed E-state index contributed by atoms with van der Waals surface area (Å²) in [6, 6.07) is 0.799. The number of nitrogens with one attached hydrogen (secondary N) is 4. The Hall–Kier alpha value is -2.56. The van der Waals surface area contributed by atoms with Crippen LogP contribution in [0.5, 0.6) is 0 Å². The molecule has 0 spiro atoms. The number of aromatic amines is 1. The van der Waals surface area contributed by atoms with Crippen molar-refractivity contribution in [1.29, 1.82) is 0 Å². The molecular formula is C15H16ClF3N5O3+. The number of pyridine rings is 1. The van der Waals surface area contributed by atoms with Gasteiger partial charge in [-0.15, -0.1) is 0 Å². The van der Waals surface area contributed by atoms with E-state index in [1.807, 2.05) is 0 Å². The molecule has 1 aromatic rings. The van der Waals surface area contributed by atoms with Crippen LogP contribution in [0.1, 0.15) is 24.8 Å². The molecule has 2 heterocycles. The fraction of sp³-hybridized carbons (Fsp3) is 0.467. The molecule has 1 fully saturated rings. The molecule has 8 nitrogen and oxygen atoms in total. The number of carbonyl (C=O) groups is 2. The average Bonchev–Trinajstić information content (AvgIpc) is 3.36. The minimum absolute atomic E-state index is 0.0475. The van der Waals surface area contributed by atoms with E-state index in [0.29, 0.717) is 0 Å². The molecule has 0 saturated heterocycles. The highest BCUT2D eigenvalue weighted by Gasteiger charge is 2.34. The zero-order chi connectivity index (χ0) is 19.6. The third-order valence-electron chi connectivity index (χ3n) is 3.97. The second-order valence-electron chi connectivity index (χ2n) is 6.18. The molecule has 3 rings (SSSR count). The summed E-state index contributed by atoms with van der Waals surface area (Å²) in [6.45, 7) is 0.149. The highest BCUT2D eigenvalue weighted by molar-refractivity contribution is 6.39. The number of nitrogens with zero attached hydrogens (tertiary/aromatic N) is 1. The normalized spacial score (nSPS) is 19.1. The van der Waals surface area contributed by atoms with Crippen LogP contribution in [0.2, 0.25) is 5.02 Å². The molecule has 27 heavy (non-hydrogen) atoms. The number of hydrogen-bond donors (Lipinski definition) is 3. The molecule has 1 atom stereocenters. The first kappa shape index (κ1) is 19.2. The molecule has 0 bridgehead atoms. The topological polar surface area (TPSA) is 106 Å². The number of hydrazine groups is 1. The van der Waals surface area contributed by atoms with Crippen molar-refractivity contribution < 1.29 is 32.6 Å². The lowest BCUT2D eigenvalue weighted by Gasteiger charge is -2.09. The van der Waals surface area contributed by atoms with E-state index >= 15 is 0 Å². The van der Waals surface area contributed by atoms with Crippen LogP contribution in [0.3, 0.4) is 0 Å². The van der Waals surface area contributed by atoms with Crippen LogP contribution in [0.4, 0.5) is 19.0 Å².